The van der Waals surface area contributed by atoms with Gasteiger partial charge in [-0.05, 0) is 32.6 Å². The molecule has 1 aliphatic heterocycles. The number of aliphatic imine (C=N–C) groups is 1. The van der Waals surface area contributed by atoms with Gasteiger partial charge in [-0.25, -0.2) is 0 Å². The van der Waals surface area contributed by atoms with Gasteiger partial charge in [-0.3, -0.25) is 9.79 Å². The third-order valence-corrected chi connectivity index (χ3v) is 3.00. The molecule has 0 radical (unpaired) electrons. The highest BCUT2D eigenvalue weighted by Gasteiger charge is 2.31. The monoisotopic (exact) mass is 269 g/mol. The SMILES string of the molecule is CN=C(NCC(=O)OC(C)(C)C)N1CCC(C)(C)C1. The van der Waals surface area contributed by atoms with Gasteiger partial charge in [0.25, 0.3) is 0 Å². The van der Waals surface area contributed by atoms with Crippen LogP contribution in [0.1, 0.15) is 41.0 Å². The molecule has 0 spiro atoms. The molecule has 0 unspecified atom stereocenters. The molecule has 0 aromatic rings. The van der Waals surface area contributed by atoms with E-state index >= 15 is 0 Å². The number of hydrogen-bond acceptors (Lipinski definition) is 3. The first-order valence-electron chi connectivity index (χ1n) is 6.80. The van der Waals surface area contributed by atoms with E-state index < -0.39 is 5.60 Å². The average molecular weight is 269 g/mol. The van der Waals surface area contributed by atoms with E-state index in [-0.39, 0.29) is 12.5 Å². The van der Waals surface area contributed by atoms with Crippen molar-refractivity contribution < 1.29 is 9.53 Å². The molecular weight excluding hydrogens is 242 g/mol. The molecule has 0 saturated carbocycles. The lowest BCUT2D eigenvalue weighted by molar-refractivity contribution is -0.153. The Balaban J connectivity index is 2.45. The van der Waals surface area contributed by atoms with Crippen LogP contribution in [-0.4, -0.2) is 49.1 Å². The van der Waals surface area contributed by atoms with Crippen LogP contribution in [0.25, 0.3) is 0 Å². The highest BCUT2D eigenvalue weighted by Crippen LogP contribution is 2.28. The molecule has 110 valence electrons. The van der Waals surface area contributed by atoms with Crippen molar-refractivity contribution in [3.63, 3.8) is 0 Å². The Bertz CT molecular complexity index is 356. The van der Waals surface area contributed by atoms with Gasteiger partial charge in [0.05, 0.1) is 0 Å². The maximum absolute atomic E-state index is 11.7. The van der Waals surface area contributed by atoms with Gasteiger partial charge in [-0.2, -0.15) is 0 Å². The Labute approximate surface area is 116 Å². The van der Waals surface area contributed by atoms with Crippen molar-refractivity contribution in [2.75, 3.05) is 26.7 Å². The number of carbonyl (C=O) groups excluding carboxylic acids is 1. The number of likely N-dealkylation sites (tertiary alicyclic amines) is 1. The van der Waals surface area contributed by atoms with Crippen molar-refractivity contribution in [1.29, 1.82) is 0 Å². The number of nitrogens with zero attached hydrogens (tertiary/aromatic N) is 2. The second-order valence-corrected chi connectivity index (χ2v) is 6.82. The van der Waals surface area contributed by atoms with Crippen molar-refractivity contribution >= 4 is 11.9 Å². The molecule has 0 aliphatic carbocycles. The van der Waals surface area contributed by atoms with Gasteiger partial charge in [-0.1, -0.05) is 13.8 Å². The first kappa shape index (κ1) is 15.8. The molecule has 19 heavy (non-hydrogen) atoms. The summed E-state index contributed by atoms with van der Waals surface area (Å²) in [4.78, 5) is 18.1. The van der Waals surface area contributed by atoms with Gasteiger partial charge in [0, 0.05) is 20.1 Å². The number of ether oxygens (including phenoxy) is 1. The van der Waals surface area contributed by atoms with E-state index in [9.17, 15) is 4.79 Å². The van der Waals surface area contributed by atoms with Crippen molar-refractivity contribution in [3.8, 4) is 0 Å². The van der Waals surface area contributed by atoms with Gasteiger partial charge in [0.2, 0.25) is 0 Å². The van der Waals surface area contributed by atoms with Crippen LogP contribution in [-0.2, 0) is 9.53 Å². The number of rotatable bonds is 2. The maximum Gasteiger partial charge on any atom is 0.325 e. The summed E-state index contributed by atoms with van der Waals surface area (Å²) in [5.41, 5.74) is -0.137. The molecule has 1 aliphatic rings. The average Bonchev–Trinajstić information content (AvgIpc) is 2.57. The summed E-state index contributed by atoms with van der Waals surface area (Å²) in [6.07, 6.45) is 1.14. The molecule has 0 aromatic carbocycles. The predicted octanol–water partition coefficient (Wildman–Crippen LogP) is 1.64. The molecule has 5 heteroatoms. The highest BCUT2D eigenvalue weighted by molar-refractivity contribution is 5.84. The lowest BCUT2D eigenvalue weighted by Crippen LogP contribution is -2.43. The van der Waals surface area contributed by atoms with Crippen molar-refractivity contribution in [1.82, 2.24) is 10.2 Å². The quantitative estimate of drug-likeness (QED) is 0.470. The minimum absolute atomic E-state index is 0.154. The summed E-state index contributed by atoms with van der Waals surface area (Å²) in [5, 5.41) is 3.07. The van der Waals surface area contributed by atoms with Crippen LogP contribution < -0.4 is 5.32 Å². The first-order valence-corrected chi connectivity index (χ1v) is 6.80. The second kappa shape index (κ2) is 5.80. The van der Waals surface area contributed by atoms with Crippen molar-refractivity contribution in [2.45, 2.75) is 46.6 Å². The lowest BCUT2D eigenvalue weighted by atomic mass is 9.93. The third kappa shape index (κ3) is 5.49. The fourth-order valence-electron chi connectivity index (χ4n) is 2.15. The van der Waals surface area contributed by atoms with Gasteiger partial charge in [-0.15, -0.1) is 0 Å². The van der Waals surface area contributed by atoms with E-state index in [1.54, 1.807) is 7.05 Å². The first-order chi connectivity index (χ1) is 8.63. The smallest absolute Gasteiger partial charge is 0.325 e. The Kier molecular flexibility index (Phi) is 4.82. The number of esters is 1. The van der Waals surface area contributed by atoms with Crippen molar-refractivity contribution in [2.24, 2.45) is 10.4 Å². The van der Waals surface area contributed by atoms with Gasteiger partial charge in [0.1, 0.15) is 12.1 Å². The molecule has 0 bridgehead atoms. The summed E-state index contributed by atoms with van der Waals surface area (Å²) in [5.74, 6) is 0.517. The molecule has 1 rings (SSSR count). The van der Waals surface area contributed by atoms with Crippen LogP contribution in [0.4, 0.5) is 0 Å². The van der Waals surface area contributed by atoms with Gasteiger partial charge >= 0.3 is 5.97 Å². The Morgan fingerprint density at radius 3 is 2.47 bits per heavy atom. The van der Waals surface area contributed by atoms with Crippen molar-refractivity contribution in [3.05, 3.63) is 0 Å². The van der Waals surface area contributed by atoms with Gasteiger partial charge in [0.15, 0.2) is 5.96 Å². The Hall–Kier alpha value is -1.26. The topological polar surface area (TPSA) is 53.9 Å². The fourth-order valence-corrected chi connectivity index (χ4v) is 2.15. The standard InChI is InChI=1S/C14H27N3O2/c1-13(2,3)19-11(18)9-16-12(15-6)17-8-7-14(4,5)10-17/h7-10H2,1-6H3,(H,15,16). The Morgan fingerprint density at radius 2 is 2.05 bits per heavy atom. The molecule has 0 atom stereocenters. The van der Waals surface area contributed by atoms with Crippen LogP contribution in [0.3, 0.4) is 0 Å². The Morgan fingerprint density at radius 1 is 1.42 bits per heavy atom. The van der Waals surface area contributed by atoms with E-state index in [0.29, 0.717) is 5.41 Å². The van der Waals surface area contributed by atoms with E-state index in [1.165, 1.54) is 0 Å². The van der Waals surface area contributed by atoms with Crippen LogP contribution in [0.2, 0.25) is 0 Å². The summed E-state index contributed by atoms with van der Waals surface area (Å²) >= 11 is 0. The van der Waals surface area contributed by atoms with Crippen LogP contribution >= 0.6 is 0 Å². The molecule has 1 N–H and O–H groups in total. The molecule has 1 heterocycles. The van der Waals surface area contributed by atoms with Gasteiger partial charge < -0.3 is 15.0 Å². The lowest BCUT2D eigenvalue weighted by Gasteiger charge is -2.24. The zero-order valence-electron chi connectivity index (χ0n) is 13.0. The number of nitrogens with one attached hydrogen (secondary N) is 1. The van der Waals surface area contributed by atoms with Crippen LogP contribution in [0, 0.1) is 5.41 Å². The third-order valence-electron chi connectivity index (χ3n) is 3.00. The van der Waals surface area contributed by atoms with E-state index in [0.717, 1.165) is 25.5 Å². The zero-order valence-corrected chi connectivity index (χ0v) is 13.0. The fraction of sp³-hybridized carbons (Fsp3) is 0.857. The second-order valence-electron chi connectivity index (χ2n) is 6.82. The van der Waals surface area contributed by atoms with Crippen LogP contribution in [0.5, 0.6) is 0 Å². The van der Waals surface area contributed by atoms with E-state index in [4.69, 9.17) is 4.74 Å². The minimum Gasteiger partial charge on any atom is -0.459 e. The summed E-state index contributed by atoms with van der Waals surface area (Å²) in [6.45, 7) is 12.2. The maximum atomic E-state index is 11.7. The predicted molar refractivity (Wildman–Crippen MR) is 77.2 cm³/mol. The zero-order chi connectivity index (χ0) is 14.7. The summed E-state index contributed by atoms with van der Waals surface area (Å²) in [6, 6.07) is 0. The molecular formula is C14H27N3O2. The largest absolute Gasteiger partial charge is 0.459 e. The summed E-state index contributed by atoms with van der Waals surface area (Å²) < 4.78 is 5.26. The van der Waals surface area contributed by atoms with E-state index in [1.807, 2.05) is 20.8 Å². The summed E-state index contributed by atoms with van der Waals surface area (Å²) in [7, 11) is 1.74. The van der Waals surface area contributed by atoms with E-state index in [2.05, 4.69) is 29.1 Å². The number of carbonyl (C=O) groups is 1. The number of guanidine groups is 1. The molecule has 1 fully saturated rings. The molecule has 1 saturated heterocycles. The molecule has 0 aromatic heterocycles. The normalized spacial score (nSPS) is 19.5. The highest BCUT2D eigenvalue weighted by atomic mass is 16.6. The van der Waals surface area contributed by atoms with Crippen LogP contribution in [0.15, 0.2) is 4.99 Å². The molecule has 0 amide bonds. The molecule has 5 nitrogen and oxygen atoms in total. The minimum atomic E-state index is -0.447. The number of hydrogen-bond donors (Lipinski definition) is 1.